The number of ether oxygens (including phenoxy) is 1. The zero-order chi connectivity index (χ0) is 22.5. The molecule has 4 aromatic rings. The summed E-state index contributed by atoms with van der Waals surface area (Å²) in [6, 6.07) is 19.0. The van der Waals surface area contributed by atoms with Crippen LogP contribution in [0.4, 0.5) is 5.69 Å². The van der Waals surface area contributed by atoms with E-state index in [1.54, 1.807) is 18.2 Å². The summed E-state index contributed by atoms with van der Waals surface area (Å²) < 4.78 is 7.99. The molecule has 1 heterocycles. The van der Waals surface area contributed by atoms with Gasteiger partial charge in [-0.2, -0.15) is 0 Å². The van der Waals surface area contributed by atoms with Gasteiger partial charge in [0, 0.05) is 17.0 Å². The molecular formula is C23H20Cl2N4O2S. The second-order valence-corrected chi connectivity index (χ2v) is 8.66. The predicted octanol–water partition coefficient (Wildman–Crippen LogP) is 6.07. The number of amides is 1. The Labute approximate surface area is 199 Å². The highest BCUT2D eigenvalue weighted by Gasteiger charge is 2.15. The van der Waals surface area contributed by atoms with Gasteiger partial charge in [-0.25, -0.2) is 0 Å². The van der Waals surface area contributed by atoms with Gasteiger partial charge in [-0.3, -0.25) is 4.79 Å². The van der Waals surface area contributed by atoms with E-state index in [0.29, 0.717) is 33.3 Å². The van der Waals surface area contributed by atoms with Crippen LogP contribution < -0.4 is 10.1 Å². The molecule has 0 fully saturated rings. The maximum absolute atomic E-state index is 12.4. The average molecular weight is 487 g/mol. The number of fused-ring (bicyclic) bond motifs is 1. The minimum absolute atomic E-state index is 0.168. The molecule has 0 atom stereocenters. The Balaban J connectivity index is 1.40. The van der Waals surface area contributed by atoms with E-state index in [-0.39, 0.29) is 18.3 Å². The molecule has 0 saturated heterocycles. The number of halogens is 2. The summed E-state index contributed by atoms with van der Waals surface area (Å²) in [5, 5.41) is 15.0. The molecule has 0 saturated carbocycles. The van der Waals surface area contributed by atoms with Crippen molar-refractivity contribution >= 4 is 57.3 Å². The summed E-state index contributed by atoms with van der Waals surface area (Å²) in [4.78, 5) is 12.4. The minimum Gasteiger partial charge on any atom is -0.485 e. The van der Waals surface area contributed by atoms with E-state index in [1.165, 1.54) is 11.8 Å². The number of nitrogens with one attached hydrogen (secondary N) is 1. The molecule has 0 aliphatic carbocycles. The molecule has 1 N–H and O–H groups in total. The van der Waals surface area contributed by atoms with Crippen LogP contribution in [0.25, 0.3) is 10.8 Å². The van der Waals surface area contributed by atoms with Gasteiger partial charge < -0.3 is 14.6 Å². The Kier molecular flexibility index (Phi) is 7.19. The van der Waals surface area contributed by atoms with Crippen molar-refractivity contribution in [1.29, 1.82) is 0 Å². The second kappa shape index (κ2) is 10.3. The summed E-state index contributed by atoms with van der Waals surface area (Å²) in [6.45, 7) is 2.94. The van der Waals surface area contributed by atoms with Gasteiger partial charge in [0.15, 0.2) is 11.0 Å². The first-order chi connectivity index (χ1) is 15.5. The number of aromatic nitrogens is 3. The Bertz CT molecular complexity index is 1260. The molecule has 3 aromatic carbocycles. The lowest BCUT2D eigenvalue weighted by Gasteiger charge is -2.11. The maximum Gasteiger partial charge on any atom is 0.234 e. The molecule has 0 bridgehead atoms. The molecule has 1 aromatic heterocycles. The first kappa shape index (κ1) is 22.5. The number of thioether (sulfide) groups is 1. The molecule has 0 unspecified atom stereocenters. The van der Waals surface area contributed by atoms with Crippen molar-refractivity contribution in [2.75, 3.05) is 11.1 Å². The van der Waals surface area contributed by atoms with E-state index in [9.17, 15) is 4.79 Å². The quantitative estimate of drug-likeness (QED) is 0.306. The first-order valence-electron chi connectivity index (χ1n) is 9.95. The number of hydrogen-bond acceptors (Lipinski definition) is 5. The van der Waals surface area contributed by atoms with Crippen LogP contribution >= 0.6 is 35.0 Å². The molecule has 164 valence electrons. The lowest BCUT2D eigenvalue weighted by molar-refractivity contribution is -0.113. The van der Waals surface area contributed by atoms with Gasteiger partial charge in [0.2, 0.25) is 5.91 Å². The van der Waals surface area contributed by atoms with Crippen molar-refractivity contribution in [3.63, 3.8) is 0 Å². The molecule has 0 aliphatic heterocycles. The molecular weight excluding hydrogens is 467 g/mol. The minimum atomic E-state index is -0.196. The smallest absolute Gasteiger partial charge is 0.234 e. The van der Waals surface area contributed by atoms with Crippen LogP contribution in [0, 0.1) is 0 Å². The largest absolute Gasteiger partial charge is 0.485 e. The number of benzene rings is 3. The highest BCUT2D eigenvalue weighted by molar-refractivity contribution is 7.99. The van der Waals surface area contributed by atoms with Crippen molar-refractivity contribution in [2.45, 2.75) is 25.2 Å². The van der Waals surface area contributed by atoms with Crippen molar-refractivity contribution < 1.29 is 9.53 Å². The fourth-order valence-corrected chi connectivity index (χ4v) is 4.50. The Hall–Kier alpha value is -2.74. The molecule has 4 rings (SSSR count). The third kappa shape index (κ3) is 5.18. The highest BCUT2D eigenvalue weighted by Crippen LogP contribution is 2.27. The average Bonchev–Trinajstić information content (AvgIpc) is 3.20. The molecule has 32 heavy (non-hydrogen) atoms. The third-order valence-corrected chi connectivity index (χ3v) is 6.27. The summed E-state index contributed by atoms with van der Waals surface area (Å²) in [5.41, 5.74) is 0.516. The number of hydrogen-bond donors (Lipinski definition) is 1. The SMILES string of the molecule is CCn1c(COc2cccc3ccccc23)nnc1SCC(=O)Nc1ccc(Cl)cc1Cl. The topological polar surface area (TPSA) is 69.0 Å². The fraction of sp³-hybridized carbons (Fsp3) is 0.174. The standard InChI is InChI=1S/C23H20Cl2N4O2S/c1-2-29-21(13-31-20-9-5-7-15-6-3-4-8-17(15)20)27-28-23(29)32-14-22(30)26-19-11-10-16(24)12-18(19)25/h3-12H,2,13-14H2,1H3,(H,26,30). The fourth-order valence-electron chi connectivity index (χ4n) is 3.22. The van der Waals surface area contributed by atoms with Gasteiger partial charge in [-0.1, -0.05) is 71.4 Å². The monoisotopic (exact) mass is 486 g/mol. The lowest BCUT2D eigenvalue weighted by Crippen LogP contribution is -2.15. The summed E-state index contributed by atoms with van der Waals surface area (Å²) in [5.74, 6) is 1.46. The van der Waals surface area contributed by atoms with Gasteiger partial charge in [-0.05, 0) is 36.6 Å². The summed E-state index contributed by atoms with van der Waals surface area (Å²) in [7, 11) is 0. The molecule has 1 amide bonds. The van der Waals surface area contributed by atoms with Crippen LogP contribution in [-0.4, -0.2) is 26.4 Å². The van der Waals surface area contributed by atoms with Crippen LogP contribution in [-0.2, 0) is 17.9 Å². The summed E-state index contributed by atoms with van der Waals surface area (Å²) in [6.07, 6.45) is 0. The van der Waals surface area contributed by atoms with E-state index in [4.69, 9.17) is 27.9 Å². The van der Waals surface area contributed by atoms with Crippen molar-refractivity contribution in [3.8, 4) is 5.75 Å². The van der Waals surface area contributed by atoms with E-state index >= 15 is 0 Å². The number of anilines is 1. The molecule has 0 radical (unpaired) electrons. The van der Waals surface area contributed by atoms with Gasteiger partial charge in [0.25, 0.3) is 0 Å². The van der Waals surface area contributed by atoms with E-state index < -0.39 is 0 Å². The van der Waals surface area contributed by atoms with Crippen molar-refractivity contribution in [2.24, 2.45) is 0 Å². The zero-order valence-corrected chi connectivity index (χ0v) is 19.5. The normalized spacial score (nSPS) is 11.0. The number of nitrogens with zero attached hydrogens (tertiary/aromatic N) is 3. The maximum atomic E-state index is 12.4. The second-order valence-electron chi connectivity index (χ2n) is 6.87. The molecule has 0 aliphatic rings. The predicted molar refractivity (Wildman–Crippen MR) is 130 cm³/mol. The molecule has 0 spiro atoms. The van der Waals surface area contributed by atoms with Crippen LogP contribution in [0.1, 0.15) is 12.7 Å². The Morgan fingerprint density at radius 2 is 1.91 bits per heavy atom. The van der Waals surface area contributed by atoms with Crippen LogP contribution in [0.2, 0.25) is 10.0 Å². The van der Waals surface area contributed by atoms with Gasteiger partial charge in [0.05, 0.1) is 16.5 Å². The number of rotatable bonds is 8. The first-order valence-corrected chi connectivity index (χ1v) is 11.7. The van der Waals surface area contributed by atoms with Crippen molar-refractivity contribution in [3.05, 3.63) is 76.5 Å². The van der Waals surface area contributed by atoms with Crippen LogP contribution in [0.15, 0.2) is 65.8 Å². The van der Waals surface area contributed by atoms with E-state index in [2.05, 4.69) is 15.5 Å². The van der Waals surface area contributed by atoms with Gasteiger partial charge in [0.1, 0.15) is 12.4 Å². The van der Waals surface area contributed by atoms with E-state index in [0.717, 1.165) is 16.5 Å². The summed E-state index contributed by atoms with van der Waals surface area (Å²) >= 11 is 13.3. The molecule has 9 heteroatoms. The Morgan fingerprint density at radius 1 is 1.09 bits per heavy atom. The lowest BCUT2D eigenvalue weighted by atomic mass is 10.1. The third-order valence-electron chi connectivity index (χ3n) is 4.75. The molecule has 6 nitrogen and oxygen atoms in total. The van der Waals surface area contributed by atoms with Crippen LogP contribution in [0.3, 0.4) is 0 Å². The zero-order valence-electron chi connectivity index (χ0n) is 17.2. The van der Waals surface area contributed by atoms with Gasteiger partial charge >= 0.3 is 0 Å². The number of carbonyl (C=O) groups is 1. The highest BCUT2D eigenvalue weighted by atomic mass is 35.5. The Morgan fingerprint density at radius 3 is 2.72 bits per heavy atom. The van der Waals surface area contributed by atoms with E-state index in [1.807, 2.05) is 54.0 Å². The number of carbonyl (C=O) groups excluding carboxylic acids is 1. The van der Waals surface area contributed by atoms with Crippen LogP contribution in [0.5, 0.6) is 5.75 Å². The van der Waals surface area contributed by atoms with Crippen molar-refractivity contribution in [1.82, 2.24) is 14.8 Å². The van der Waals surface area contributed by atoms with Gasteiger partial charge in [-0.15, -0.1) is 10.2 Å².